The van der Waals surface area contributed by atoms with Crippen molar-refractivity contribution in [1.29, 1.82) is 0 Å². The lowest BCUT2D eigenvalue weighted by atomic mass is 9.72. The molecule has 1 rings (SSSR count). The van der Waals surface area contributed by atoms with E-state index in [1.165, 1.54) is 37.3 Å². The summed E-state index contributed by atoms with van der Waals surface area (Å²) in [6, 6.07) is 0. The molecule has 0 radical (unpaired) electrons. The third-order valence-electron chi connectivity index (χ3n) is 3.43. The molecule has 0 amide bonds. The first-order valence-electron chi connectivity index (χ1n) is 6.38. The van der Waals surface area contributed by atoms with Crippen LogP contribution in [-0.2, 0) is 9.53 Å². The molecule has 0 unspecified atom stereocenters. The van der Waals surface area contributed by atoms with Gasteiger partial charge in [-0.2, -0.15) is 0 Å². The number of esters is 1. The molecule has 0 aromatic carbocycles. The van der Waals surface area contributed by atoms with Crippen LogP contribution in [0.5, 0.6) is 0 Å². The lowest BCUT2D eigenvalue weighted by molar-refractivity contribution is -0.143. The molecule has 0 aromatic heterocycles. The molecule has 2 heteroatoms. The summed E-state index contributed by atoms with van der Waals surface area (Å²) >= 11 is 0. The van der Waals surface area contributed by atoms with Crippen LogP contribution < -0.4 is 0 Å². The second-order valence-electron chi connectivity index (χ2n) is 5.61. The molecule has 0 bridgehead atoms. The number of carbonyl (C=O) groups is 1. The Bertz CT molecular complexity index is 348. The summed E-state index contributed by atoms with van der Waals surface area (Å²) in [4.78, 5) is 10.8. The van der Waals surface area contributed by atoms with E-state index < -0.39 is 0 Å². The van der Waals surface area contributed by atoms with E-state index in [1.807, 2.05) is 13.0 Å². The van der Waals surface area contributed by atoms with E-state index in [9.17, 15) is 4.79 Å². The van der Waals surface area contributed by atoms with Crippen LogP contribution in [0.4, 0.5) is 0 Å². The Kier molecular flexibility index (Phi) is 4.55. The maximum atomic E-state index is 10.8. The first-order chi connectivity index (χ1) is 7.83. The lowest BCUT2D eigenvalue weighted by Crippen LogP contribution is -2.19. The monoisotopic (exact) mass is 236 g/mol. The van der Waals surface area contributed by atoms with Gasteiger partial charge in [-0.3, -0.25) is 4.79 Å². The van der Waals surface area contributed by atoms with Gasteiger partial charge in [-0.15, -0.1) is 0 Å². The number of allylic oxidation sites excluding steroid dienone is 3. The molecule has 2 nitrogen and oxygen atoms in total. The van der Waals surface area contributed by atoms with Gasteiger partial charge in [0.1, 0.15) is 6.10 Å². The fraction of sp³-hybridized carbons (Fsp3) is 0.667. The van der Waals surface area contributed by atoms with Crippen LogP contribution in [0.25, 0.3) is 0 Å². The second kappa shape index (κ2) is 5.52. The Morgan fingerprint density at radius 2 is 2.12 bits per heavy atom. The molecule has 0 fully saturated rings. The molecule has 0 saturated heterocycles. The number of ether oxygens (including phenoxy) is 1. The summed E-state index contributed by atoms with van der Waals surface area (Å²) in [6.45, 7) is 10.1. The molecule has 0 aliphatic heterocycles. The van der Waals surface area contributed by atoms with Gasteiger partial charge < -0.3 is 4.74 Å². The average Bonchev–Trinajstić information content (AvgIpc) is 2.14. The summed E-state index contributed by atoms with van der Waals surface area (Å²) in [7, 11) is 0. The third kappa shape index (κ3) is 4.03. The van der Waals surface area contributed by atoms with Gasteiger partial charge in [0.2, 0.25) is 0 Å². The Morgan fingerprint density at radius 1 is 1.47 bits per heavy atom. The van der Waals surface area contributed by atoms with Crippen molar-refractivity contribution in [2.45, 2.75) is 60.0 Å². The van der Waals surface area contributed by atoms with E-state index in [0.717, 1.165) is 0 Å². The van der Waals surface area contributed by atoms with Crippen molar-refractivity contribution >= 4 is 5.97 Å². The molecule has 0 heterocycles. The number of carbonyl (C=O) groups excluding carboxylic acids is 1. The Morgan fingerprint density at radius 3 is 2.65 bits per heavy atom. The molecule has 0 saturated carbocycles. The molecule has 96 valence electrons. The van der Waals surface area contributed by atoms with E-state index in [1.54, 1.807) is 0 Å². The summed E-state index contributed by atoms with van der Waals surface area (Å²) in [5.74, 6) is -0.226. The normalized spacial score (nSPS) is 21.7. The molecule has 0 spiro atoms. The minimum Gasteiger partial charge on any atom is -0.459 e. The zero-order chi connectivity index (χ0) is 13.1. The van der Waals surface area contributed by atoms with E-state index in [-0.39, 0.29) is 17.5 Å². The van der Waals surface area contributed by atoms with Gasteiger partial charge in [-0.1, -0.05) is 25.5 Å². The fourth-order valence-electron chi connectivity index (χ4n) is 2.54. The van der Waals surface area contributed by atoms with Crippen LogP contribution >= 0.6 is 0 Å². The van der Waals surface area contributed by atoms with Crippen LogP contribution in [0.3, 0.4) is 0 Å². The predicted octanol–water partition coefficient (Wildman–Crippen LogP) is 4.02. The van der Waals surface area contributed by atoms with E-state index in [2.05, 4.69) is 26.8 Å². The minimum absolute atomic E-state index is 0.148. The lowest BCUT2D eigenvalue weighted by Gasteiger charge is -2.33. The number of rotatable bonds is 3. The van der Waals surface area contributed by atoms with Crippen molar-refractivity contribution in [3.05, 3.63) is 23.3 Å². The van der Waals surface area contributed by atoms with Gasteiger partial charge >= 0.3 is 5.97 Å². The summed E-state index contributed by atoms with van der Waals surface area (Å²) in [6.07, 6.45) is 7.66. The van der Waals surface area contributed by atoms with Crippen molar-refractivity contribution in [2.75, 3.05) is 0 Å². The molecule has 1 aliphatic rings. The van der Waals surface area contributed by atoms with Crippen molar-refractivity contribution < 1.29 is 9.53 Å². The second-order valence-corrected chi connectivity index (χ2v) is 5.61. The van der Waals surface area contributed by atoms with E-state index in [0.29, 0.717) is 0 Å². The average molecular weight is 236 g/mol. The maximum absolute atomic E-state index is 10.8. The first-order valence-corrected chi connectivity index (χ1v) is 6.38. The summed E-state index contributed by atoms with van der Waals surface area (Å²) in [5, 5.41) is 0. The van der Waals surface area contributed by atoms with Crippen molar-refractivity contribution in [1.82, 2.24) is 0 Å². The van der Waals surface area contributed by atoms with Crippen LogP contribution in [0.1, 0.15) is 53.9 Å². The fourth-order valence-corrected chi connectivity index (χ4v) is 2.54. The maximum Gasteiger partial charge on any atom is 0.303 e. The highest BCUT2D eigenvalue weighted by atomic mass is 16.5. The van der Waals surface area contributed by atoms with Crippen molar-refractivity contribution in [3.8, 4) is 0 Å². The zero-order valence-corrected chi connectivity index (χ0v) is 11.7. The highest BCUT2D eigenvalue weighted by molar-refractivity contribution is 5.66. The zero-order valence-electron chi connectivity index (χ0n) is 11.7. The summed E-state index contributed by atoms with van der Waals surface area (Å²) < 4.78 is 5.10. The molecule has 0 N–H and O–H groups in total. The third-order valence-corrected chi connectivity index (χ3v) is 3.43. The van der Waals surface area contributed by atoms with Gasteiger partial charge in [-0.05, 0) is 50.2 Å². The van der Waals surface area contributed by atoms with Gasteiger partial charge in [0.25, 0.3) is 0 Å². The molecule has 0 aromatic rings. The highest BCUT2D eigenvalue weighted by Crippen LogP contribution is 2.40. The standard InChI is InChI=1S/C15H24O2/c1-11-7-6-10-15(4,5)14(11)9-8-12(2)17-13(3)16/h8-9,12H,6-7,10H2,1-5H3/b9-8-/t12-/m0/s1. The van der Waals surface area contributed by atoms with Crippen LogP contribution in [-0.4, -0.2) is 12.1 Å². The van der Waals surface area contributed by atoms with Crippen LogP contribution in [0.15, 0.2) is 23.3 Å². The van der Waals surface area contributed by atoms with E-state index in [4.69, 9.17) is 4.74 Å². The SMILES string of the molecule is CC(=O)O[C@@H](C)/C=C\C1=C(C)CCCC1(C)C. The van der Waals surface area contributed by atoms with Crippen molar-refractivity contribution in [2.24, 2.45) is 5.41 Å². The Balaban J connectivity index is 2.78. The minimum atomic E-state index is -0.226. The van der Waals surface area contributed by atoms with Gasteiger partial charge in [0.15, 0.2) is 0 Å². The molecular formula is C15H24O2. The number of hydrogen-bond acceptors (Lipinski definition) is 2. The van der Waals surface area contributed by atoms with Gasteiger partial charge in [0, 0.05) is 6.92 Å². The topological polar surface area (TPSA) is 26.3 Å². The Labute approximate surface area is 105 Å². The van der Waals surface area contributed by atoms with Crippen LogP contribution in [0, 0.1) is 5.41 Å². The smallest absolute Gasteiger partial charge is 0.303 e. The molecule has 1 aliphatic carbocycles. The van der Waals surface area contributed by atoms with Gasteiger partial charge in [-0.25, -0.2) is 0 Å². The number of hydrogen-bond donors (Lipinski definition) is 0. The first kappa shape index (κ1) is 14.0. The quantitative estimate of drug-likeness (QED) is 0.692. The largest absolute Gasteiger partial charge is 0.459 e. The van der Waals surface area contributed by atoms with Crippen LogP contribution in [0.2, 0.25) is 0 Å². The Hall–Kier alpha value is -1.05. The molecule has 1 atom stereocenters. The predicted molar refractivity (Wildman–Crippen MR) is 70.7 cm³/mol. The van der Waals surface area contributed by atoms with Crippen molar-refractivity contribution in [3.63, 3.8) is 0 Å². The molecule has 17 heavy (non-hydrogen) atoms. The van der Waals surface area contributed by atoms with Gasteiger partial charge in [0.05, 0.1) is 0 Å². The summed E-state index contributed by atoms with van der Waals surface area (Å²) in [5.41, 5.74) is 3.12. The van der Waals surface area contributed by atoms with E-state index >= 15 is 0 Å². The molecular weight excluding hydrogens is 212 g/mol. The highest BCUT2D eigenvalue weighted by Gasteiger charge is 2.26.